The highest BCUT2D eigenvalue weighted by atomic mass is 16.5. The first-order valence-electron chi connectivity index (χ1n) is 9.22. The van der Waals surface area contributed by atoms with Gasteiger partial charge in [-0.15, -0.1) is 0 Å². The van der Waals surface area contributed by atoms with Gasteiger partial charge in [-0.3, -0.25) is 9.89 Å². The summed E-state index contributed by atoms with van der Waals surface area (Å²) in [4.78, 5) is 7.32. The predicted molar refractivity (Wildman–Crippen MR) is 99.1 cm³/mol. The van der Waals surface area contributed by atoms with E-state index < -0.39 is 0 Å². The van der Waals surface area contributed by atoms with E-state index >= 15 is 0 Å². The number of nitrogens with zero attached hydrogens (tertiary/aromatic N) is 2. The van der Waals surface area contributed by atoms with Crippen LogP contribution in [0.4, 0.5) is 0 Å². The first kappa shape index (κ1) is 20.2. The zero-order valence-electron chi connectivity index (χ0n) is 16.1. The van der Waals surface area contributed by atoms with Crippen molar-refractivity contribution in [2.75, 3.05) is 39.4 Å². The van der Waals surface area contributed by atoms with Crippen LogP contribution in [0.3, 0.4) is 0 Å². The normalized spacial score (nSPS) is 19.0. The molecule has 23 heavy (non-hydrogen) atoms. The second-order valence-corrected chi connectivity index (χ2v) is 7.62. The first-order chi connectivity index (χ1) is 10.8. The third kappa shape index (κ3) is 8.02. The summed E-state index contributed by atoms with van der Waals surface area (Å²) in [6, 6.07) is 0.446. The van der Waals surface area contributed by atoms with Gasteiger partial charge >= 0.3 is 0 Å². The molecule has 0 spiro atoms. The van der Waals surface area contributed by atoms with Crippen LogP contribution in [0.1, 0.15) is 54.4 Å². The lowest BCUT2D eigenvalue weighted by molar-refractivity contribution is -0.00684. The number of morpholine rings is 1. The molecule has 5 nitrogen and oxygen atoms in total. The van der Waals surface area contributed by atoms with E-state index in [9.17, 15) is 0 Å². The number of aliphatic imine (C=N–C) groups is 1. The summed E-state index contributed by atoms with van der Waals surface area (Å²) in [5.74, 6) is 1.68. The minimum absolute atomic E-state index is 0.0628. The fourth-order valence-electron chi connectivity index (χ4n) is 2.75. The van der Waals surface area contributed by atoms with E-state index in [0.29, 0.717) is 6.04 Å². The molecule has 0 aromatic heterocycles. The Kier molecular flexibility index (Phi) is 8.92. The topological polar surface area (TPSA) is 48.9 Å². The molecule has 2 N–H and O–H groups in total. The van der Waals surface area contributed by atoms with Crippen LogP contribution in [0.25, 0.3) is 0 Å². The molecular weight excluding hydrogens is 288 g/mol. The molecule has 1 saturated heterocycles. The third-order valence-electron chi connectivity index (χ3n) is 4.40. The molecule has 1 aliphatic rings. The van der Waals surface area contributed by atoms with Crippen molar-refractivity contribution in [1.29, 1.82) is 0 Å². The molecule has 0 aromatic rings. The highest BCUT2D eigenvalue weighted by Crippen LogP contribution is 2.16. The second-order valence-electron chi connectivity index (χ2n) is 7.62. The van der Waals surface area contributed by atoms with Crippen LogP contribution in [0.2, 0.25) is 0 Å². The maximum Gasteiger partial charge on any atom is 0.191 e. The van der Waals surface area contributed by atoms with Crippen molar-refractivity contribution in [2.24, 2.45) is 10.9 Å². The summed E-state index contributed by atoms with van der Waals surface area (Å²) in [5.41, 5.74) is 0.0628. The molecule has 0 radical (unpaired) electrons. The summed E-state index contributed by atoms with van der Waals surface area (Å²) < 4.78 is 5.46. The predicted octanol–water partition coefficient (Wildman–Crippen LogP) is 2.48. The number of nitrogens with one attached hydrogen (secondary N) is 2. The van der Waals surface area contributed by atoms with Gasteiger partial charge in [0.25, 0.3) is 0 Å². The van der Waals surface area contributed by atoms with Gasteiger partial charge in [0.1, 0.15) is 0 Å². The Bertz CT molecular complexity index is 349. The highest BCUT2D eigenvalue weighted by molar-refractivity contribution is 5.80. The molecule has 0 aliphatic carbocycles. The van der Waals surface area contributed by atoms with Crippen molar-refractivity contribution in [3.05, 3.63) is 0 Å². The van der Waals surface area contributed by atoms with Crippen molar-refractivity contribution in [3.8, 4) is 0 Å². The molecule has 1 heterocycles. The van der Waals surface area contributed by atoms with Gasteiger partial charge in [-0.05, 0) is 46.5 Å². The molecule has 0 aromatic carbocycles. The van der Waals surface area contributed by atoms with Gasteiger partial charge < -0.3 is 15.4 Å². The Morgan fingerprint density at radius 1 is 1.17 bits per heavy atom. The Labute approximate surface area is 143 Å². The Hall–Kier alpha value is -0.810. The van der Waals surface area contributed by atoms with Gasteiger partial charge in [-0.1, -0.05) is 13.8 Å². The van der Waals surface area contributed by atoms with Crippen molar-refractivity contribution in [1.82, 2.24) is 15.5 Å². The lowest BCUT2D eigenvalue weighted by atomic mass is 10.0. The van der Waals surface area contributed by atoms with Crippen LogP contribution in [0.5, 0.6) is 0 Å². The molecule has 1 rings (SSSR count). The number of ether oxygens (including phenoxy) is 1. The summed E-state index contributed by atoms with van der Waals surface area (Å²) >= 11 is 0. The second kappa shape index (κ2) is 10.1. The fourth-order valence-corrected chi connectivity index (χ4v) is 2.75. The van der Waals surface area contributed by atoms with Crippen molar-refractivity contribution in [2.45, 2.75) is 66.0 Å². The van der Waals surface area contributed by atoms with E-state index in [-0.39, 0.29) is 5.54 Å². The lowest BCUT2D eigenvalue weighted by Crippen LogP contribution is -2.52. The van der Waals surface area contributed by atoms with Crippen LogP contribution >= 0.6 is 0 Å². The highest BCUT2D eigenvalue weighted by Gasteiger charge is 2.28. The Morgan fingerprint density at radius 2 is 1.83 bits per heavy atom. The average Bonchev–Trinajstić information content (AvgIpc) is 2.52. The minimum Gasteiger partial charge on any atom is -0.379 e. The van der Waals surface area contributed by atoms with Crippen molar-refractivity contribution < 1.29 is 4.74 Å². The zero-order valence-corrected chi connectivity index (χ0v) is 16.1. The van der Waals surface area contributed by atoms with Gasteiger partial charge in [0, 0.05) is 31.2 Å². The van der Waals surface area contributed by atoms with Crippen LogP contribution in [-0.4, -0.2) is 61.8 Å². The molecular formula is C18H38N4O. The van der Waals surface area contributed by atoms with E-state index in [1.165, 1.54) is 12.8 Å². The first-order valence-corrected chi connectivity index (χ1v) is 9.22. The summed E-state index contributed by atoms with van der Waals surface area (Å²) in [6.07, 6.45) is 2.42. The van der Waals surface area contributed by atoms with Gasteiger partial charge in [-0.25, -0.2) is 0 Å². The maximum atomic E-state index is 5.46. The number of hydrogen-bond donors (Lipinski definition) is 2. The molecule has 5 heteroatoms. The minimum atomic E-state index is 0.0628. The van der Waals surface area contributed by atoms with Crippen LogP contribution in [-0.2, 0) is 4.74 Å². The van der Waals surface area contributed by atoms with Crippen molar-refractivity contribution in [3.63, 3.8) is 0 Å². The zero-order chi connectivity index (χ0) is 17.3. The quantitative estimate of drug-likeness (QED) is 0.531. The van der Waals surface area contributed by atoms with Gasteiger partial charge in [0.15, 0.2) is 5.96 Å². The van der Waals surface area contributed by atoms with Gasteiger partial charge in [0.05, 0.1) is 19.8 Å². The standard InChI is InChI=1S/C18H38N4O/c1-7-19-17(21-16(4)9-8-15(2)3)20-14-18(5,6)22-10-12-23-13-11-22/h15-16H,7-14H2,1-6H3,(H2,19,20,21). The fraction of sp³-hybridized carbons (Fsp3) is 0.944. The number of hydrogen-bond acceptors (Lipinski definition) is 3. The summed E-state index contributed by atoms with van der Waals surface area (Å²) in [6.45, 7) is 18.8. The van der Waals surface area contributed by atoms with Crippen molar-refractivity contribution >= 4 is 5.96 Å². The SMILES string of the molecule is CCNC(=NCC(C)(C)N1CCOCC1)NC(C)CCC(C)C. The average molecular weight is 327 g/mol. The third-order valence-corrected chi connectivity index (χ3v) is 4.40. The van der Waals surface area contributed by atoms with Crippen LogP contribution < -0.4 is 10.6 Å². The molecule has 136 valence electrons. The van der Waals surface area contributed by atoms with Gasteiger partial charge in [0.2, 0.25) is 0 Å². The van der Waals surface area contributed by atoms with E-state index in [1.54, 1.807) is 0 Å². The summed E-state index contributed by atoms with van der Waals surface area (Å²) in [5, 5.41) is 6.92. The van der Waals surface area contributed by atoms with E-state index in [4.69, 9.17) is 9.73 Å². The maximum absolute atomic E-state index is 5.46. The Morgan fingerprint density at radius 3 is 2.39 bits per heavy atom. The molecule has 0 bridgehead atoms. The monoisotopic (exact) mass is 326 g/mol. The molecule has 1 aliphatic heterocycles. The lowest BCUT2D eigenvalue weighted by Gasteiger charge is -2.40. The largest absolute Gasteiger partial charge is 0.379 e. The van der Waals surface area contributed by atoms with Crippen LogP contribution in [0, 0.1) is 5.92 Å². The number of rotatable bonds is 8. The molecule has 1 fully saturated rings. The molecule has 0 saturated carbocycles. The number of guanidine groups is 1. The van der Waals surface area contributed by atoms with E-state index in [1.807, 2.05) is 0 Å². The van der Waals surface area contributed by atoms with Gasteiger partial charge in [-0.2, -0.15) is 0 Å². The van der Waals surface area contributed by atoms with E-state index in [2.05, 4.69) is 57.1 Å². The molecule has 1 atom stereocenters. The summed E-state index contributed by atoms with van der Waals surface area (Å²) in [7, 11) is 0. The Balaban J connectivity index is 2.55. The van der Waals surface area contributed by atoms with E-state index in [0.717, 1.165) is 51.3 Å². The molecule has 1 unspecified atom stereocenters. The molecule has 0 amide bonds. The smallest absolute Gasteiger partial charge is 0.191 e. The van der Waals surface area contributed by atoms with Crippen LogP contribution in [0.15, 0.2) is 4.99 Å².